The number of aryl methyl sites for hydroxylation is 2. The lowest BCUT2D eigenvalue weighted by atomic mass is 10.0. The molecular formula is C17H15F3N2. The van der Waals surface area contributed by atoms with E-state index in [2.05, 4.69) is 11.4 Å². The number of nitrogens with zero attached hydrogens (tertiary/aromatic N) is 1. The summed E-state index contributed by atoms with van der Waals surface area (Å²) in [5.74, 6) is 0. The van der Waals surface area contributed by atoms with Crippen molar-refractivity contribution in [2.75, 3.05) is 5.32 Å². The van der Waals surface area contributed by atoms with Crippen molar-refractivity contribution in [2.24, 2.45) is 0 Å². The normalized spacial score (nSPS) is 11.1. The van der Waals surface area contributed by atoms with E-state index >= 15 is 0 Å². The maximum Gasteiger partial charge on any atom is 0.416 e. The van der Waals surface area contributed by atoms with Gasteiger partial charge >= 0.3 is 6.18 Å². The molecule has 0 aliphatic carbocycles. The van der Waals surface area contributed by atoms with E-state index < -0.39 is 11.7 Å². The molecule has 0 heterocycles. The highest BCUT2D eigenvalue weighted by molar-refractivity contribution is 5.52. The van der Waals surface area contributed by atoms with Crippen LogP contribution >= 0.6 is 0 Å². The summed E-state index contributed by atoms with van der Waals surface area (Å²) in [6.45, 7) is 3.62. The van der Waals surface area contributed by atoms with Gasteiger partial charge in [0, 0.05) is 12.2 Å². The van der Waals surface area contributed by atoms with E-state index in [0.717, 1.165) is 17.2 Å². The van der Waals surface area contributed by atoms with Gasteiger partial charge in [-0.05, 0) is 49.2 Å². The predicted octanol–water partition coefficient (Wildman–Crippen LogP) is 4.81. The first-order valence-corrected chi connectivity index (χ1v) is 6.72. The van der Waals surface area contributed by atoms with Crippen LogP contribution in [-0.2, 0) is 12.7 Å². The molecule has 0 spiro atoms. The van der Waals surface area contributed by atoms with Gasteiger partial charge in [-0.2, -0.15) is 18.4 Å². The van der Waals surface area contributed by atoms with Crippen molar-refractivity contribution in [2.45, 2.75) is 26.6 Å². The molecule has 0 amide bonds. The molecule has 0 unspecified atom stereocenters. The van der Waals surface area contributed by atoms with Gasteiger partial charge in [0.15, 0.2) is 0 Å². The maximum absolute atomic E-state index is 13.0. The molecule has 22 heavy (non-hydrogen) atoms. The summed E-state index contributed by atoms with van der Waals surface area (Å²) in [5.41, 5.74) is 2.38. The molecular weight excluding hydrogens is 289 g/mol. The number of hydrogen-bond acceptors (Lipinski definition) is 2. The van der Waals surface area contributed by atoms with Crippen LogP contribution in [0.3, 0.4) is 0 Å². The summed E-state index contributed by atoms with van der Waals surface area (Å²) in [5, 5.41) is 11.9. The molecule has 2 aromatic carbocycles. The Kier molecular flexibility index (Phi) is 4.41. The average molecular weight is 304 g/mol. The third-order valence-electron chi connectivity index (χ3n) is 3.40. The molecule has 0 atom stereocenters. The number of rotatable bonds is 3. The predicted molar refractivity (Wildman–Crippen MR) is 79.4 cm³/mol. The Balaban J connectivity index is 2.23. The van der Waals surface area contributed by atoms with E-state index in [1.165, 1.54) is 12.1 Å². The minimum Gasteiger partial charge on any atom is -0.381 e. The molecule has 2 nitrogen and oxygen atoms in total. The molecule has 0 saturated heterocycles. The quantitative estimate of drug-likeness (QED) is 0.883. The molecule has 0 aliphatic rings. The zero-order valence-corrected chi connectivity index (χ0v) is 12.3. The van der Waals surface area contributed by atoms with Gasteiger partial charge < -0.3 is 5.32 Å². The number of benzene rings is 2. The fourth-order valence-corrected chi connectivity index (χ4v) is 2.24. The Bertz CT molecular complexity index is 728. The minimum atomic E-state index is -4.37. The van der Waals surface area contributed by atoms with Crippen LogP contribution in [0.1, 0.15) is 27.8 Å². The van der Waals surface area contributed by atoms with E-state index in [-0.39, 0.29) is 12.1 Å². The Morgan fingerprint density at radius 3 is 2.41 bits per heavy atom. The first-order chi connectivity index (χ1) is 10.3. The van der Waals surface area contributed by atoms with Crippen molar-refractivity contribution < 1.29 is 13.2 Å². The molecule has 1 N–H and O–H groups in total. The standard InChI is InChI=1S/C17H15F3N2/c1-11-3-6-16(17(18,19)20)14(7-11)10-22-15-5-4-13(9-21)12(2)8-15/h3-8,22H,10H2,1-2H3. The molecule has 2 rings (SSSR count). The second kappa shape index (κ2) is 6.10. The smallest absolute Gasteiger partial charge is 0.381 e. The molecule has 0 aromatic heterocycles. The zero-order chi connectivity index (χ0) is 16.3. The highest BCUT2D eigenvalue weighted by Gasteiger charge is 2.32. The summed E-state index contributed by atoms with van der Waals surface area (Å²) in [6, 6.07) is 11.2. The van der Waals surface area contributed by atoms with Crippen LogP contribution in [0, 0.1) is 25.2 Å². The lowest BCUT2D eigenvalue weighted by Crippen LogP contribution is -2.12. The summed E-state index contributed by atoms with van der Waals surface area (Å²) in [6.07, 6.45) is -4.37. The van der Waals surface area contributed by atoms with Crippen LogP contribution in [0.4, 0.5) is 18.9 Å². The highest BCUT2D eigenvalue weighted by Crippen LogP contribution is 2.32. The lowest BCUT2D eigenvalue weighted by molar-refractivity contribution is -0.138. The van der Waals surface area contributed by atoms with Gasteiger partial charge in [0.05, 0.1) is 17.2 Å². The van der Waals surface area contributed by atoms with Gasteiger partial charge in [0.2, 0.25) is 0 Å². The first kappa shape index (κ1) is 15.9. The summed E-state index contributed by atoms with van der Waals surface area (Å²) < 4.78 is 39.0. The Labute approximate surface area is 127 Å². The molecule has 0 aliphatic heterocycles. The first-order valence-electron chi connectivity index (χ1n) is 6.72. The molecule has 0 saturated carbocycles. The van der Waals surface area contributed by atoms with E-state index in [0.29, 0.717) is 11.3 Å². The van der Waals surface area contributed by atoms with Crippen molar-refractivity contribution in [3.05, 3.63) is 64.2 Å². The number of hydrogen-bond donors (Lipinski definition) is 1. The van der Waals surface area contributed by atoms with Crippen LogP contribution in [0.15, 0.2) is 36.4 Å². The van der Waals surface area contributed by atoms with Crippen LogP contribution in [0.2, 0.25) is 0 Å². The second-order valence-corrected chi connectivity index (χ2v) is 5.15. The largest absolute Gasteiger partial charge is 0.416 e. The van der Waals surface area contributed by atoms with E-state index in [1.54, 1.807) is 32.0 Å². The highest BCUT2D eigenvalue weighted by atomic mass is 19.4. The van der Waals surface area contributed by atoms with Crippen molar-refractivity contribution in [3.8, 4) is 6.07 Å². The third-order valence-corrected chi connectivity index (χ3v) is 3.40. The Morgan fingerprint density at radius 2 is 1.82 bits per heavy atom. The van der Waals surface area contributed by atoms with Crippen LogP contribution < -0.4 is 5.32 Å². The average Bonchev–Trinajstić information content (AvgIpc) is 2.44. The van der Waals surface area contributed by atoms with Crippen LogP contribution in [0.25, 0.3) is 0 Å². The van der Waals surface area contributed by atoms with Gasteiger partial charge in [-0.1, -0.05) is 17.7 Å². The van der Waals surface area contributed by atoms with E-state index in [1.807, 2.05) is 0 Å². The lowest BCUT2D eigenvalue weighted by Gasteiger charge is -2.15. The topological polar surface area (TPSA) is 35.8 Å². The number of alkyl halides is 3. The second-order valence-electron chi connectivity index (χ2n) is 5.15. The molecule has 0 bridgehead atoms. The molecule has 0 radical (unpaired) electrons. The molecule has 2 aromatic rings. The molecule has 114 valence electrons. The van der Waals surface area contributed by atoms with Crippen molar-refractivity contribution >= 4 is 5.69 Å². The maximum atomic E-state index is 13.0. The number of anilines is 1. The van der Waals surface area contributed by atoms with Crippen molar-refractivity contribution in [1.82, 2.24) is 0 Å². The Hall–Kier alpha value is -2.48. The number of nitrogens with one attached hydrogen (secondary N) is 1. The van der Waals surface area contributed by atoms with E-state index in [4.69, 9.17) is 5.26 Å². The van der Waals surface area contributed by atoms with Gasteiger partial charge in [-0.3, -0.25) is 0 Å². The molecule has 5 heteroatoms. The summed E-state index contributed by atoms with van der Waals surface area (Å²) >= 11 is 0. The van der Waals surface area contributed by atoms with Gasteiger partial charge in [-0.15, -0.1) is 0 Å². The van der Waals surface area contributed by atoms with Crippen molar-refractivity contribution in [1.29, 1.82) is 5.26 Å². The summed E-state index contributed by atoms with van der Waals surface area (Å²) in [7, 11) is 0. The Morgan fingerprint density at radius 1 is 1.09 bits per heavy atom. The van der Waals surface area contributed by atoms with E-state index in [9.17, 15) is 13.2 Å². The summed E-state index contributed by atoms with van der Waals surface area (Å²) in [4.78, 5) is 0. The van der Waals surface area contributed by atoms with Gasteiger partial charge in [0.25, 0.3) is 0 Å². The third kappa shape index (κ3) is 3.59. The van der Waals surface area contributed by atoms with Crippen LogP contribution in [-0.4, -0.2) is 0 Å². The minimum absolute atomic E-state index is 0.0713. The van der Waals surface area contributed by atoms with Gasteiger partial charge in [0.1, 0.15) is 0 Å². The molecule has 0 fully saturated rings. The number of nitriles is 1. The van der Waals surface area contributed by atoms with Crippen molar-refractivity contribution in [3.63, 3.8) is 0 Å². The zero-order valence-electron chi connectivity index (χ0n) is 12.3. The fraction of sp³-hybridized carbons (Fsp3) is 0.235. The fourth-order valence-electron chi connectivity index (χ4n) is 2.24. The van der Waals surface area contributed by atoms with Gasteiger partial charge in [-0.25, -0.2) is 0 Å². The van der Waals surface area contributed by atoms with Crippen LogP contribution in [0.5, 0.6) is 0 Å². The SMILES string of the molecule is Cc1ccc(C(F)(F)F)c(CNc2ccc(C#N)c(C)c2)c1. The monoisotopic (exact) mass is 304 g/mol. The number of halogens is 3.